The van der Waals surface area contributed by atoms with E-state index in [1.807, 2.05) is 6.92 Å². The molecule has 0 aliphatic carbocycles. The number of aromatic nitrogens is 3. The minimum atomic E-state index is -1.68. The molecular formula is C29H32F2N4O6S. The van der Waals surface area contributed by atoms with Gasteiger partial charge in [0.2, 0.25) is 5.88 Å². The molecule has 5 rings (SSSR count). The molecule has 4 aromatic rings. The van der Waals surface area contributed by atoms with Crippen molar-refractivity contribution in [2.45, 2.75) is 31.0 Å². The Balaban J connectivity index is 1.85. The molecule has 42 heavy (non-hydrogen) atoms. The fourth-order valence-corrected chi connectivity index (χ4v) is 5.64. The van der Waals surface area contributed by atoms with Gasteiger partial charge in [0.15, 0.2) is 18.4 Å². The molecule has 13 heteroatoms. The molecule has 0 bridgehead atoms. The summed E-state index contributed by atoms with van der Waals surface area (Å²) in [4.78, 5) is 15.1. The lowest BCUT2D eigenvalue weighted by atomic mass is 9.94. The molecule has 1 fully saturated rings. The summed E-state index contributed by atoms with van der Waals surface area (Å²) in [5.41, 5.74) is -0.927. The van der Waals surface area contributed by atoms with Crippen LogP contribution in [0.3, 0.4) is 0 Å². The van der Waals surface area contributed by atoms with Gasteiger partial charge in [0, 0.05) is 30.4 Å². The zero-order chi connectivity index (χ0) is 30.2. The number of anilines is 1. The zero-order valence-corrected chi connectivity index (χ0v) is 24.8. The zero-order valence-electron chi connectivity index (χ0n) is 24.0. The van der Waals surface area contributed by atoms with Crippen LogP contribution in [0.1, 0.15) is 19.4 Å². The lowest BCUT2D eigenvalue weighted by Gasteiger charge is -2.29. The minimum Gasteiger partial charge on any atom is -0.609 e. The lowest BCUT2D eigenvalue weighted by Crippen LogP contribution is -2.42. The van der Waals surface area contributed by atoms with Crippen molar-refractivity contribution in [3.63, 3.8) is 0 Å². The maximum Gasteiger partial charge on any atom is 0.345 e. The maximum absolute atomic E-state index is 16.8. The first-order valence-corrected chi connectivity index (χ1v) is 14.8. The first-order chi connectivity index (χ1) is 20.1. The van der Waals surface area contributed by atoms with Gasteiger partial charge >= 0.3 is 5.16 Å². The number of β-amino-alcohol motifs (C(OH)–C–C–N with tert-alkyl or cyclic N) is 1. The van der Waals surface area contributed by atoms with Crippen LogP contribution in [0.2, 0.25) is 0 Å². The Labute approximate surface area is 244 Å². The highest BCUT2D eigenvalue weighted by molar-refractivity contribution is 7.90. The standard InChI is InChI=1S/C29H32F2N4O6S/c1-6-18-20(30)8-7-16-11-17(41-15-38-3)12-19(21(16)18)24-23(31)25-22(27(32-24)39-4)26(34-28(33-25)42(5)37)35-9-10-40-14-29(2,36)13-35/h7-8,11-12,36H,6,9-10,13-15H2,1-5H3/t29-,42?/m0/s1. The second kappa shape index (κ2) is 12.1. The van der Waals surface area contributed by atoms with E-state index in [0.717, 1.165) is 0 Å². The van der Waals surface area contributed by atoms with Crippen molar-refractivity contribution >= 4 is 38.7 Å². The van der Waals surface area contributed by atoms with E-state index in [1.165, 1.54) is 26.5 Å². The third-order valence-corrected chi connectivity index (χ3v) is 7.70. The smallest absolute Gasteiger partial charge is 0.345 e. The van der Waals surface area contributed by atoms with Gasteiger partial charge in [-0.05, 0) is 47.9 Å². The Hall–Kier alpha value is -3.36. The Kier molecular flexibility index (Phi) is 8.67. The number of benzene rings is 2. The number of pyridine rings is 1. The van der Waals surface area contributed by atoms with Gasteiger partial charge in [-0.3, -0.25) is 0 Å². The highest BCUT2D eigenvalue weighted by Gasteiger charge is 2.33. The molecule has 1 N–H and O–H groups in total. The molecule has 2 atom stereocenters. The van der Waals surface area contributed by atoms with Gasteiger partial charge in [0.25, 0.3) is 0 Å². The lowest BCUT2D eigenvalue weighted by molar-refractivity contribution is -0.0123. The van der Waals surface area contributed by atoms with Gasteiger partial charge in [-0.15, -0.1) is 0 Å². The van der Waals surface area contributed by atoms with Crippen molar-refractivity contribution < 1.29 is 37.4 Å². The molecule has 224 valence electrons. The average molecular weight is 603 g/mol. The van der Waals surface area contributed by atoms with Crippen molar-refractivity contribution in [3.8, 4) is 22.9 Å². The molecule has 0 amide bonds. The van der Waals surface area contributed by atoms with Crippen molar-refractivity contribution in [1.82, 2.24) is 15.0 Å². The quantitative estimate of drug-likeness (QED) is 0.180. The summed E-state index contributed by atoms with van der Waals surface area (Å²) >= 11 is -1.68. The van der Waals surface area contributed by atoms with E-state index < -0.39 is 28.4 Å². The first-order valence-electron chi connectivity index (χ1n) is 13.3. The first kappa shape index (κ1) is 30.1. The summed E-state index contributed by atoms with van der Waals surface area (Å²) in [6, 6.07) is 6.24. The van der Waals surface area contributed by atoms with Gasteiger partial charge < -0.3 is 33.5 Å². The number of fused-ring (bicyclic) bond motifs is 2. The normalized spacial score (nSPS) is 18.4. The molecule has 1 unspecified atom stereocenters. The van der Waals surface area contributed by atoms with Crippen LogP contribution < -0.4 is 14.4 Å². The highest BCUT2D eigenvalue weighted by atomic mass is 32.2. The molecular weight excluding hydrogens is 570 g/mol. The van der Waals surface area contributed by atoms with Crippen molar-refractivity contribution in [2.75, 3.05) is 58.5 Å². The van der Waals surface area contributed by atoms with Crippen molar-refractivity contribution in [1.29, 1.82) is 0 Å². The largest absolute Gasteiger partial charge is 0.609 e. The molecule has 0 radical (unpaired) electrons. The molecule has 2 aromatic carbocycles. The average Bonchev–Trinajstić information content (AvgIpc) is 3.15. The fourth-order valence-electron chi connectivity index (χ4n) is 5.20. The van der Waals surface area contributed by atoms with Crippen molar-refractivity contribution in [3.05, 3.63) is 41.5 Å². The molecule has 10 nitrogen and oxygen atoms in total. The topological polar surface area (TPSA) is 122 Å². The molecule has 0 saturated carbocycles. The predicted octanol–water partition coefficient (Wildman–Crippen LogP) is 4.00. The Morgan fingerprint density at radius 2 is 1.95 bits per heavy atom. The van der Waals surface area contributed by atoms with E-state index in [-0.39, 0.29) is 65.6 Å². The Morgan fingerprint density at radius 3 is 2.64 bits per heavy atom. The molecule has 1 aliphatic heterocycles. The number of aryl methyl sites for hydroxylation is 1. The van der Waals surface area contributed by atoms with E-state index in [9.17, 15) is 9.66 Å². The Bertz CT molecular complexity index is 1640. The summed E-state index contributed by atoms with van der Waals surface area (Å²) in [5, 5.41) is 11.9. The minimum absolute atomic E-state index is 0.000424. The monoisotopic (exact) mass is 602 g/mol. The van der Waals surface area contributed by atoms with Crippen LogP contribution >= 0.6 is 0 Å². The summed E-state index contributed by atoms with van der Waals surface area (Å²) in [7, 11) is 2.86. The van der Waals surface area contributed by atoms with Gasteiger partial charge in [-0.2, -0.15) is 9.97 Å². The number of methoxy groups -OCH3 is 2. The third-order valence-electron chi connectivity index (χ3n) is 7.01. The van der Waals surface area contributed by atoms with E-state index in [1.54, 1.807) is 30.0 Å². The number of halogens is 2. The molecule has 1 aliphatic rings. The molecule has 1 saturated heterocycles. The number of hydrogen-bond acceptors (Lipinski definition) is 10. The number of hydrogen-bond donors (Lipinski definition) is 1. The van der Waals surface area contributed by atoms with Crippen LogP contribution in [0.4, 0.5) is 14.6 Å². The van der Waals surface area contributed by atoms with Crippen molar-refractivity contribution in [2.24, 2.45) is 0 Å². The maximum atomic E-state index is 16.8. The van der Waals surface area contributed by atoms with Gasteiger partial charge in [0.1, 0.15) is 40.0 Å². The van der Waals surface area contributed by atoms with E-state index >= 15 is 8.78 Å². The van der Waals surface area contributed by atoms with Crippen LogP contribution in [0, 0.1) is 11.6 Å². The van der Waals surface area contributed by atoms with E-state index in [2.05, 4.69) is 15.0 Å². The second-order valence-electron chi connectivity index (χ2n) is 10.3. The fraction of sp³-hybridized carbons (Fsp3) is 0.414. The van der Waals surface area contributed by atoms with Crippen LogP contribution in [0.5, 0.6) is 11.6 Å². The summed E-state index contributed by atoms with van der Waals surface area (Å²) in [6.45, 7) is 4.15. The van der Waals surface area contributed by atoms with Gasteiger partial charge in [-0.1, -0.05) is 13.0 Å². The second-order valence-corrected chi connectivity index (χ2v) is 11.5. The third kappa shape index (κ3) is 5.66. The number of nitrogens with zero attached hydrogens (tertiary/aromatic N) is 4. The summed E-state index contributed by atoms with van der Waals surface area (Å²) in [6.07, 6.45) is 1.73. The molecule has 0 spiro atoms. The highest BCUT2D eigenvalue weighted by Crippen LogP contribution is 2.42. The number of ether oxygens (including phenoxy) is 4. The van der Waals surface area contributed by atoms with E-state index in [0.29, 0.717) is 35.1 Å². The van der Waals surface area contributed by atoms with Crippen LogP contribution in [0.15, 0.2) is 29.4 Å². The van der Waals surface area contributed by atoms with E-state index in [4.69, 9.17) is 18.9 Å². The summed E-state index contributed by atoms with van der Waals surface area (Å²) < 4.78 is 66.4. The van der Waals surface area contributed by atoms with Gasteiger partial charge in [-0.25, -0.2) is 13.8 Å². The Morgan fingerprint density at radius 1 is 1.17 bits per heavy atom. The predicted molar refractivity (Wildman–Crippen MR) is 155 cm³/mol. The SMILES string of the molecule is CCc1c(F)ccc2cc(OCOC)cc(-c3nc(OC)c4c(N5CCOC[C@@](C)(O)C5)nc([S+](C)[O-])nc4c3F)c12. The summed E-state index contributed by atoms with van der Waals surface area (Å²) in [5.74, 6) is -0.712. The van der Waals surface area contributed by atoms with Crippen LogP contribution in [-0.4, -0.2) is 83.8 Å². The molecule has 2 aromatic heterocycles. The van der Waals surface area contributed by atoms with Crippen LogP contribution in [-0.2, 0) is 27.1 Å². The van der Waals surface area contributed by atoms with Gasteiger partial charge in [0.05, 0.1) is 26.9 Å². The number of rotatable bonds is 8. The number of aliphatic hydroxyl groups is 1. The molecule has 3 heterocycles. The van der Waals surface area contributed by atoms with Crippen LogP contribution in [0.25, 0.3) is 32.9 Å².